The van der Waals surface area contributed by atoms with Gasteiger partial charge in [0.1, 0.15) is 11.9 Å². The highest BCUT2D eigenvalue weighted by molar-refractivity contribution is 6.12. The molecule has 1 aromatic carbocycles. The van der Waals surface area contributed by atoms with Gasteiger partial charge in [-0.25, -0.2) is 0 Å². The predicted octanol–water partition coefficient (Wildman–Crippen LogP) is 2.73. The van der Waals surface area contributed by atoms with Gasteiger partial charge >= 0.3 is 0 Å². The highest BCUT2D eigenvalue weighted by atomic mass is 16.3. The molecular weight excluding hydrogens is 338 g/mol. The summed E-state index contributed by atoms with van der Waals surface area (Å²) in [6.07, 6.45) is 5.77. The van der Waals surface area contributed by atoms with E-state index in [1.54, 1.807) is 7.05 Å². The van der Waals surface area contributed by atoms with Gasteiger partial charge in [-0.05, 0) is 24.1 Å². The van der Waals surface area contributed by atoms with E-state index in [9.17, 15) is 0 Å². The van der Waals surface area contributed by atoms with Crippen LogP contribution in [0.5, 0.6) is 0 Å². The van der Waals surface area contributed by atoms with Crippen LogP contribution in [0.3, 0.4) is 0 Å². The normalized spacial score (nSPS) is 16.9. The first-order chi connectivity index (χ1) is 13.0. The van der Waals surface area contributed by atoms with Crippen LogP contribution in [0.4, 0.5) is 5.69 Å². The molecule has 1 atom stereocenters. The summed E-state index contributed by atoms with van der Waals surface area (Å²) < 4.78 is 0. The van der Waals surface area contributed by atoms with Gasteiger partial charge in [-0.3, -0.25) is 9.98 Å². The van der Waals surface area contributed by atoms with Gasteiger partial charge in [0.25, 0.3) is 0 Å². The standard InChI is InChI=1S/C21H31N5O/c1-6-7-19-20(26(5)13-12-23-19)21(22-3)24-16(2)17-8-10-18(11-9-17)25(4)14-15-27/h8-13,20,27H,2,6-7,14-15H2,1,3-5H3,(H,22,24). The Bertz CT molecular complexity index is 721. The first-order valence-electron chi connectivity index (χ1n) is 9.32. The third-order valence-corrected chi connectivity index (χ3v) is 4.64. The third-order valence-electron chi connectivity index (χ3n) is 4.64. The van der Waals surface area contributed by atoms with E-state index in [-0.39, 0.29) is 12.6 Å². The summed E-state index contributed by atoms with van der Waals surface area (Å²) in [6, 6.07) is 8.10. The lowest BCUT2D eigenvalue weighted by atomic mass is 10.0. The van der Waals surface area contributed by atoms with Crippen LogP contribution in [0.15, 0.2) is 53.2 Å². The lowest BCUT2D eigenvalue weighted by Gasteiger charge is -2.32. The number of hydrogen-bond donors (Lipinski definition) is 2. The van der Waals surface area contributed by atoms with Crippen LogP contribution < -0.4 is 10.2 Å². The number of amidine groups is 1. The van der Waals surface area contributed by atoms with Crippen LogP contribution in [0.25, 0.3) is 5.70 Å². The van der Waals surface area contributed by atoms with Crippen LogP contribution >= 0.6 is 0 Å². The number of aliphatic hydroxyl groups excluding tert-OH is 1. The summed E-state index contributed by atoms with van der Waals surface area (Å²) in [5, 5.41) is 12.5. The van der Waals surface area contributed by atoms with Gasteiger partial charge in [0.05, 0.1) is 6.61 Å². The van der Waals surface area contributed by atoms with Gasteiger partial charge in [-0.1, -0.05) is 32.1 Å². The summed E-state index contributed by atoms with van der Waals surface area (Å²) in [4.78, 5) is 13.2. The topological polar surface area (TPSA) is 63.5 Å². The molecule has 27 heavy (non-hydrogen) atoms. The minimum atomic E-state index is -0.00772. The molecule has 0 amide bonds. The fraction of sp³-hybridized carbons (Fsp3) is 0.429. The Labute approximate surface area is 162 Å². The Morgan fingerprint density at radius 3 is 2.67 bits per heavy atom. The van der Waals surface area contributed by atoms with Crippen molar-refractivity contribution in [2.75, 3.05) is 39.2 Å². The van der Waals surface area contributed by atoms with Crippen molar-refractivity contribution >= 4 is 22.9 Å². The Kier molecular flexibility index (Phi) is 7.61. The van der Waals surface area contributed by atoms with Crippen molar-refractivity contribution in [3.8, 4) is 0 Å². The van der Waals surface area contributed by atoms with Crippen molar-refractivity contribution in [1.82, 2.24) is 10.2 Å². The average Bonchev–Trinajstić information content (AvgIpc) is 2.67. The van der Waals surface area contributed by atoms with Crippen molar-refractivity contribution in [2.45, 2.75) is 25.8 Å². The number of nitrogens with zero attached hydrogens (tertiary/aromatic N) is 4. The van der Waals surface area contributed by atoms with Gasteiger partial charge in [-0.2, -0.15) is 0 Å². The summed E-state index contributed by atoms with van der Waals surface area (Å²) in [6.45, 7) is 7.08. The Hall–Kier alpha value is -2.60. The summed E-state index contributed by atoms with van der Waals surface area (Å²) >= 11 is 0. The maximum atomic E-state index is 9.07. The fourth-order valence-electron chi connectivity index (χ4n) is 3.10. The minimum absolute atomic E-state index is 0.00772. The molecule has 0 fully saturated rings. The Morgan fingerprint density at radius 1 is 1.37 bits per heavy atom. The molecule has 0 spiro atoms. The molecule has 1 aliphatic heterocycles. The minimum Gasteiger partial charge on any atom is -0.395 e. The molecule has 0 saturated carbocycles. The zero-order chi connectivity index (χ0) is 19.8. The molecule has 0 saturated heterocycles. The molecule has 0 aromatic heterocycles. The van der Waals surface area contributed by atoms with Crippen LogP contribution in [0.1, 0.15) is 25.3 Å². The molecule has 146 valence electrons. The van der Waals surface area contributed by atoms with Crippen LogP contribution in [-0.2, 0) is 0 Å². The number of likely N-dealkylation sites (N-methyl/N-ethyl adjacent to an activating group) is 2. The maximum Gasteiger partial charge on any atom is 0.129 e. The zero-order valence-corrected chi connectivity index (χ0v) is 16.8. The molecule has 6 heteroatoms. The predicted molar refractivity (Wildman–Crippen MR) is 115 cm³/mol. The SMILES string of the molecule is C=C(NC(=NC)C1C(CCC)=NC=CN1C)c1ccc(N(C)CCO)cc1. The second-order valence-electron chi connectivity index (χ2n) is 6.64. The molecule has 0 bridgehead atoms. The van der Waals surface area contributed by atoms with E-state index in [2.05, 4.69) is 33.7 Å². The van der Waals surface area contributed by atoms with Crippen LogP contribution in [-0.4, -0.2) is 61.9 Å². The zero-order valence-electron chi connectivity index (χ0n) is 16.8. The monoisotopic (exact) mass is 369 g/mol. The van der Waals surface area contributed by atoms with E-state index in [1.807, 2.05) is 55.7 Å². The lowest BCUT2D eigenvalue weighted by molar-refractivity contribution is 0.304. The van der Waals surface area contributed by atoms with Gasteiger partial charge in [0.2, 0.25) is 0 Å². The summed E-state index contributed by atoms with van der Waals surface area (Å²) in [7, 11) is 5.78. The first kappa shape index (κ1) is 20.7. The number of hydrogen-bond acceptors (Lipinski definition) is 5. The second-order valence-corrected chi connectivity index (χ2v) is 6.64. The van der Waals surface area contributed by atoms with Gasteiger partial charge in [0, 0.05) is 57.2 Å². The number of aliphatic imine (C=N–C) groups is 2. The van der Waals surface area contributed by atoms with E-state index in [0.717, 1.165) is 41.3 Å². The molecule has 2 N–H and O–H groups in total. The van der Waals surface area contributed by atoms with E-state index < -0.39 is 0 Å². The van der Waals surface area contributed by atoms with Crippen molar-refractivity contribution in [3.05, 3.63) is 48.8 Å². The summed E-state index contributed by atoms with van der Waals surface area (Å²) in [5.74, 6) is 0.834. The molecule has 0 aliphatic carbocycles. The van der Waals surface area contributed by atoms with Crippen molar-refractivity contribution in [2.24, 2.45) is 9.98 Å². The molecule has 0 radical (unpaired) electrons. The Morgan fingerprint density at radius 2 is 2.07 bits per heavy atom. The third kappa shape index (κ3) is 5.20. The van der Waals surface area contributed by atoms with Gasteiger partial charge in [0.15, 0.2) is 0 Å². The molecule has 1 heterocycles. The molecule has 1 unspecified atom stereocenters. The lowest BCUT2D eigenvalue weighted by Crippen LogP contribution is -2.48. The van der Waals surface area contributed by atoms with Crippen LogP contribution in [0, 0.1) is 0 Å². The number of benzene rings is 1. The highest BCUT2D eigenvalue weighted by Gasteiger charge is 2.26. The van der Waals surface area contributed by atoms with Crippen molar-refractivity contribution in [3.63, 3.8) is 0 Å². The van der Waals surface area contributed by atoms with E-state index in [4.69, 9.17) is 5.11 Å². The quantitative estimate of drug-likeness (QED) is 0.546. The molecular formula is C21H31N5O. The van der Waals surface area contributed by atoms with Gasteiger partial charge < -0.3 is 20.2 Å². The number of aliphatic hydroxyl groups is 1. The molecule has 1 aromatic rings. The first-order valence-corrected chi connectivity index (χ1v) is 9.32. The van der Waals surface area contributed by atoms with Crippen molar-refractivity contribution in [1.29, 1.82) is 0 Å². The highest BCUT2D eigenvalue weighted by Crippen LogP contribution is 2.19. The second kappa shape index (κ2) is 9.92. The largest absolute Gasteiger partial charge is 0.395 e. The number of anilines is 1. The summed E-state index contributed by atoms with van der Waals surface area (Å²) in [5.41, 5.74) is 3.95. The molecule has 1 aliphatic rings. The van der Waals surface area contributed by atoms with E-state index in [0.29, 0.717) is 6.54 Å². The maximum absolute atomic E-state index is 9.07. The van der Waals surface area contributed by atoms with Gasteiger partial charge in [-0.15, -0.1) is 0 Å². The smallest absolute Gasteiger partial charge is 0.129 e. The Balaban J connectivity index is 2.13. The fourth-order valence-corrected chi connectivity index (χ4v) is 3.10. The molecule has 2 rings (SSSR count). The number of nitrogens with one attached hydrogen (secondary N) is 1. The molecule has 6 nitrogen and oxygen atoms in total. The van der Waals surface area contributed by atoms with E-state index >= 15 is 0 Å². The van der Waals surface area contributed by atoms with Crippen molar-refractivity contribution < 1.29 is 5.11 Å². The van der Waals surface area contributed by atoms with Crippen LogP contribution in [0.2, 0.25) is 0 Å². The van der Waals surface area contributed by atoms with E-state index in [1.165, 1.54) is 0 Å². The number of rotatable bonds is 8. The average molecular weight is 370 g/mol.